The number of aliphatic imine (C=N–C) groups is 1. The van der Waals surface area contributed by atoms with E-state index in [0.29, 0.717) is 18.1 Å². The van der Waals surface area contributed by atoms with E-state index in [-0.39, 0.29) is 24.0 Å². The van der Waals surface area contributed by atoms with Crippen molar-refractivity contribution < 1.29 is 4.74 Å². The summed E-state index contributed by atoms with van der Waals surface area (Å²) in [7, 11) is 1.82. The lowest BCUT2D eigenvalue weighted by atomic mass is 10.1. The first-order valence-corrected chi connectivity index (χ1v) is 8.84. The van der Waals surface area contributed by atoms with Crippen LogP contribution < -0.4 is 10.6 Å². The Balaban J connectivity index is 0.00000225. The van der Waals surface area contributed by atoms with Crippen molar-refractivity contribution in [2.24, 2.45) is 4.99 Å². The number of nitrogens with one attached hydrogen (secondary N) is 2. The second kappa shape index (κ2) is 9.67. The Bertz CT molecular complexity index is 564. The summed E-state index contributed by atoms with van der Waals surface area (Å²) < 4.78 is 7.50. The van der Waals surface area contributed by atoms with Crippen LogP contribution in [0, 0.1) is 0 Å². The molecule has 0 aromatic carbocycles. The largest absolute Gasteiger partial charge is 0.379 e. The van der Waals surface area contributed by atoms with Crippen molar-refractivity contribution in [3.05, 3.63) is 12.2 Å². The molecule has 3 rings (SSSR count). The molecular weight excluding hydrogens is 433 g/mol. The van der Waals surface area contributed by atoms with Crippen LogP contribution in [0.5, 0.6) is 0 Å². The van der Waals surface area contributed by atoms with Crippen molar-refractivity contribution in [1.29, 1.82) is 0 Å². The molecule has 142 valence electrons. The van der Waals surface area contributed by atoms with Gasteiger partial charge in [-0.15, -0.1) is 24.0 Å². The number of hydrogen-bond donors (Lipinski definition) is 2. The average Bonchev–Trinajstić information content (AvgIpc) is 3.06. The zero-order valence-corrected chi connectivity index (χ0v) is 17.6. The smallest absolute Gasteiger partial charge is 0.191 e. The molecule has 3 heterocycles. The van der Waals surface area contributed by atoms with E-state index < -0.39 is 0 Å². The van der Waals surface area contributed by atoms with E-state index in [1.54, 1.807) is 6.33 Å². The van der Waals surface area contributed by atoms with Gasteiger partial charge in [0.25, 0.3) is 0 Å². The molecule has 8 nitrogen and oxygen atoms in total. The molecule has 0 saturated carbocycles. The van der Waals surface area contributed by atoms with Crippen LogP contribution in [0.15, 0.2) is 11.3 Å². The zero-order valence-electron chi connectivity index (χ0n) is 15.3. The predicted molar refractivity (Wildman–Crippen MR) is 108 cm³/mol. The lowest BCUT2D eigenvalue weighted by Gasteiger charge is -2.38. The summed E-state index contributed by atoms with van der Waals surface area (Å²) in [5.41, 5.74) is 0. The van der Waals surface area contributed by atoms with Crippen LogP contribution in [0.4, 0.5) is 0 Å². The van der Waals surface area contributed by atoms with Gasteiger partial charge in [-0.05, 0) is 20.3 Å². The van der Waals surface area contributed by atoms with Gasteiger partial charge in [0.2, 0.25) is 0 Å². The third kappa shape index (κ3) is 5.27. The van der Waals surface area contributed by atoms with Gasteiger partial charge in [-0.1, -0.05) is 0 Å². The summed E-state index contributed by atoms with van der Waals surface area (Å²) >= 11 is 0. The highest BCUT2D eigenvalue weighted by Gasteiger charge is 2.24. The normalized spacial score (nSPS) is 25.6. The van der Waals surface area contributed by atoms with Gasteiger partial charge in [0.05, 0.1) is 19.8 Å². The van der Waals surface area contributed by atoms with Crippen LogP contribution >= 0.6 is 24.0 Å². The first kappa shape index (κ1) is 20.4. The predicted octanol–water partition coefficient (Wildman–Crippen LogP) is 0.485. The first-order valence-electron chi connectivity index (χ1n) is 8.84. The Hall–Kier alpha value is -0.940. The Labute approximate surface area is 166 Å². The molecule has 2 aliphatic heterocycles. The second-order valence-electron chi connectivity index (χ2n) is 6.70. The Kier molecular flexibility index (Phi) is 7.88. The van der Waals surface area contributed by atoms with Gasteiger partial charge in [0.15, 0.2) is 5.96 Å². The zero-order chi connectivity index (χ0) is 16.9. The first-order chi connectivity index (χ1) is 11.7. The van der Waals surface area contributed by atoms with Gasteiger partial charge in [-0.3, -0.25) is 9.89 Å². The number of halogens is 1. The molecule has 1 aromatic rings. The fraction of sp³-hybridized carbons (Fsp3) is 0.812. The highest BCUT2D eigenvalue weighted by molar-refractivity contribution is 14.0. The van der Waals surface area contributed by atoms with Crippen LogP contribution in [0.1, 0.15) is 26.1 Å². The summed E-state index contributed by atoms with van der Waals surface area (Å²) in [4.78, 5) is 11.1. The van der Waals surface area contributed by atoms with E-state index in [0.717, 1.165) is 57.5 Å². The van der Waals surface area contributed by atoms with Crippen LogP contribution in [0.2, 0.25) is 0 Å². The summed E-state index contributed by atoms with van der Waals surface area (Å²) in [6, 6.07) is 1.24. The van der Waals surface area contributed by atoms with Gasteiger partial charge in [-0.25, -0.2) is 9.67 Å². The molecule has 1 saturated heterocycles. The lowest BCUT2D eigenvalue weighted by molar-refractivity contribution is -0.0174. The van der Waals surface area contributed by atoms with E-state index in [1.165, 1.54) is 0 Å². The van der Waals surface area contributed by atoms with Crippen molar-refractivity contribution in [3.63, 3.8) is 0 Å². The number of nitrogens with zero attached hydrogens (tertiary/aromatic N) is 5. The van der Waals surface area contributed by atoms with Crippen molar-refractivity contribution in [3.8, 4) is 0 Å². The van der Waals surface area contributed by atoms with E-state index in [2.05, 4.69) is 44.5 Å². The summed E-state index contributed by atoms with van der Waals surface area (Å²) in [6.45, 7) is 8.82. The number of rotatable bonds is 4. The van der Waals surface area contributed by atoms with Crippen LogP contribution in [-0.2, 0) is 17.7 Å². The van der Waals surface area contributed by atoms with Crippen molar-refractivity contribution in [1.82, 2.24) is 30.3 Å². The molecule has 0 bridgehead atoms. The van der Waals surface area contributed by atoms with Gasteiger partial charge in [0, 0.05) is 44.7 Å². The molecule has 1 fully saturated rings. The number of hydrogen-bond acceptors (Lipinski definition) is 5. The number of guanidine groups is 1. The standard InChI is InChI=1S/C16H29N7O.HI/c1-12(22-6-7-24-10-13(22)2)8-18-16(17-3)21-14-4-5-15-19-11-20-23(15)9-14;/h11-14H,4-10H2,1-3H3,(H2,17,18,21);1H. The summed E-state index contributed by atoms with van der Waals surface area (Å²) in [6.07, 6.45) is 3.64. The quantitative estimate of drug-likeness (QED) is 0.385. The Morgan fingerprint density at radius 1 is 1.52 bits per heavy atom. The number of ether oxygens (including phenoxy) is 1. The van der Waals surface area contributed by atoms with Crippen molar-refractivity contribution in [2.45, 2.75) is 51.4 Å². The third-order valence-electron chi connectivity index (χ3n) is 4.92. The average molecular weight is 463 g/mol. The molecule has 2 aliphatic rings. The molecular formula is C16H30IN7O. The van der Waals surface area contributed by atoms with Crippen LogP contribution in [-0.4, -0.2) is 77.1 Å². The minimum Gasteiger partial charge on any atom is -0.379 e. The molecule has 0 spiro atoms. The van der Waals surface area contributed by atoms with Gasteiger partial charge in [0.1, 0.15) is 12.2 Å². The Morgan fingerprint density at radius 2 is 2.36 bits per heavy atom. The lowest BCUT2D eigenvalue weighted by Crippen LogP contribution is -2.54. The van der Waals surface area contributed by atoms with Crippen molar-refractivity contribution in [2.75, 3.05) is 33.4 Å². The maximum atomic E-state index is 5.52. The number of morpholine rings is 1. The van der Waals surface area contributed by atoms with Crippen LogP contribution in [0.3, 0.4) is 0 Å². The second-order valence-corrected chi connectivity index (χ2v) is 6.70. The van der Waals surface area contributed by atoms with E-state index >= 15 is 0 Å². The Morgan fingerprint density at radius 3 is 3.12 bits per heavy atom. The minimum atomic E-state index is 0. The maximum Gasteiger partial charge on any atom is 0.191 e. The molecule has 3 atom stereocenters. The minimum absolute atomic E-state index is 0. The van der Waals surface area contributed by atoms with E-state index in [1.807, 2.05) is 11.7 Å². The number of aryl methyl sites for hydroxylation is 1. The van der Waals surface area contributed by atoms with Gasteiger partial charge < -0.3 is 15.4 Å². The van der Waals surface area contributed by atoms with E-state index in [9.17, 15) is 0 Å². The molecule has 2 N–H and O–H groups in total. The molecule has 25 heavy (non-hydrogen) atoms. The molecule has 0 amide bonds. The third-order valence-corrected chi connectivity index (χ3v) is 4.92. The SMILES string of the molecule is CN=C(NCC(C)N1CCOCC1C)NC1CCc2ncnn2C1.I. The fourth-order valence-electron chi connectivity index (χ4n) is 3.50. The molecule has 0 radical (unpaired) electrons. The molecule has 9 heteroatoms. The number of fused-ring (bicyclic) bond motifs is 1. The molecule has 1 aromatic heterocycles. The van der Waals surface area contributed by atoms with E-state index in [4.69, 9.17) is 4.74 Å². The maximum absolute atomic E-state index is 5.52. The monoisotopic (exact) mass is 463 g/mol. The molecule has 3 unspecified atom stereocenters. The van der Waals surface area contributed by atoms with Crippen LogP contribution in [0.25, 0.3) is 0 Å². The van der Waals surface area contributed by atoms with Gasteiger partial charge >= 0.3 is 0 Å². The summed E-state index contributed by atoms with van der Waals surface area (Å²) in [5, 5.41) is 11.2. The highest BCUT2D eigenvalue weighted by atomic mass is 127. The molecule has 0 aliphatic carbocycles. The summed E-state index contributed by atoms with van der Waals surface area (Å²) in [5.74, 6) is 1.93. The van der Waals surface area contributed by atoms with Crippen molar-refractivity contribution >= 4 is 29.9 Å². The highest BCUT2D eigenvalue weighted by Crippen LogP contribution is 2.12. The number of aromatic nitrogens is 3. The van der Waals surface area contributed by atoms with Gasteiger partial charge in [-0.2, -0.15) is 5.10 Å². The fourth-order valence-corrected chi connectivity index (χ4v) is 3.50. The topological polar surface area (TPSA) is 79.6 Å².